The Morgan fingerprint density at radius 2 is 2.25 bits per heavy atom. The number of anilines is 3. The summed E-state index contributed by atoms with van der Waals surface area (Å²) in [6.45, 7) is 0. The molecule has 64 valence electrons. The number of nitrogens with one attached hydrogen (secondary N) is 3. The van der Waals surface area contributed by atoms with Crippen molar-refractivity contribution in [3.63, 3.8) is 0 Å². The number of nitrogens with two attached hydrogens (primary N) is 1. The molecular formula is C5H7N5O2. The van der Waals surface area contributed by atoms with Crippen LogP contribution in [0.5, 0.6) is 0 Å². The third-order valence-electron chi connectivity index (χ3n) is 1.49. The number of aromatic amines is 1. The van der Waals surface area contributed by atoms with Crippen molar-refractivity contribution in [1.82, 2.24) is 9.97 Å². The highest BCUT2D eigenvalue weighted by atomic mass is 16.3. The number of nitrogen functional groups attached to an aromatic ring is 1. The smallest absolute Gasteiger partial charge is 0.278 e. The van der Waals surface area contributed by atoms with Gasteiger partial charge in [0.15, 0.2) is 5.82 Å². The number of fused-ring (bicyclic) bond motifs is 1. The molecule has 1 aliphatic rings. The predicted molar refractivity (Wildman–Crippen MR) is 42.5 cm³/mol. The number of aliphatic hydroxyl groups excluding tert-OH is 1. The van der Waals surface area contributed by atoms with Crippen LogP contribution in [0.25, 0.3) is 0 Å². The summed E-state index contributed by atoms with van der Waals surface area (Å²) in [7, 11) is 0. The van der Waals surface area contributed by atoms with Gasteiger partial charge in [0.05, 0.1) is 0 Å². The van der Waals surface area contributed by atoms with Crippen molar-refractivity contribution in [2.45, 2.75) is 6.35 Å². The lowest BCUT2D eigenvalue weighted by Crippen LogP contribution is -2.21. The van der Waals surface area contributed by atoms with Gasteiger partial charge >= 0.3 is 0 Å². The molecule has 0 amide bonds. The van der Waals surface area contributed by atoms with Crippen LogP contribution in [0.2, 0.25) is 0 Å². The second-order valence-electron chi connectivity index (χ2n) is 2.37. The fourth-order valence-electron chi connectivity index (χ4n) is 1.03. The maximum Gasteiger partial charge on any atom is 0.278 e. The molecule has 0 fully saturated rings. The fourth-order valence-corrected chi connectivity index (χ4v) is 1.03. The Morgan fingerprint density at radius 1 is 1.50 bits per heavy atom. The van der Waals surface area contributed by atoms with E-state index in [4.69, 9.17) is 10.8 Å². The van der Waals surface area contributed by atoms with E-state index in [0.29, 0.717) is 0 Å². The number of aliphatic hydroxyl groups is 1. The molecule has 7 nitrogen and oxygen atoms in total. The minimum atomic E-state index is -0.976. The summed E-state index contributed by atoms with van der Waals surface area (Å²) in [5, 5.41) is 14.0. The number of rotatable bonds is 0. The zero-order valence-electron chi connectivity index (χ0n) is 5.96. The molecule has 7 heteroatoms. The molecule has 0 aliphatic carbocycles. The normalized spacial score (nSPS) is 19.6. The van der Waals surface area contributed by atoms with Crippen LogP contribution in [0, 0.1) is 0 Å². The maximum absolute atomic E-state index is 11.1. The summed E-state index contributed by atoms with van der Waals surface area (Å²) in [6.07, 6.45) is -0.976. The van der Waals surface area contributed by atoms with E-state index in [1.54, 1.807) is 0 Å². The zero-order valence-corrected chi connectivity index (χ0v) is 5.96. The molecule has 1 aliphatic heterocycles. The molecule has 0 saturated carbocycles. The average Bonchev–Trinajstić information content (AvgIpc) is 2.29. The summed E-state index contributed by atoms with van der Waals surface area (Å²) in [5.41, 5.74) is 5.06. The van der Waals surface area contributed by atoms with Crippen molar-refractivity contribution in [3.05, 3.63) is 10.4 Å². The summed E-state index contributed by atoms with van der Waals surface area (Å²) < 4.78 is 0. The van der Waals surface area contributed by atoms with Crippen LogP contribution in [0.4, 0.5) is 17.5 Å². The van der Waals surface area contributed by atoms with Crippen molar-refractivity contribution in [1.29, 1.82) is 0 Å². The SMILES string of the molecule is Nc1nc2c(c(=O)[nH]1)NC(O)N2. The summed E-state index contributed by atoms with van der Waals surface area (Å²) in [5.74, 6) is 0.283. The van der Waals surface area contributed by atoms with Gasteiger partial charge in [0.2, 0.25) is 12.3 Å². The standard InChI is InChI=1S/C5H7N5O2/c6-4-8-2-1(3(11)10-4)7-5(12)9-2/h5,7,12H,(H4,6,8,9,10,11). The van der Waals surface area contributed by atoms with Crippen molar-refractivity contribution in [3.8, 4) is 0 Å². The zero-order chi connectivity index (χ0) is 8.72. The first-order chi connectivity index (χ1) is 5.66. The maximum atomic E-state index is 11.1. The number of aromatic nitrogens is 2. The summed E-state index contributed by atoms with van der Waals surface area (Å²) >= 11 is 0. The Labute approximate surface area is 66.6 Å². The monoisotopic (exact) mass is 169 g/mol. The van der Waals surface area contributed by atoms with Gasteiger partial charge in [-0.15, -0.1) is 0 Å². The first kappa shape index (κ1) is 6.92. The lowest BCUT2D eigenvalue weighted by Gasteiger charge is -1.99. The predicted octanol–water partition coefficient (Wildman–Crippen LogP) is -1.53. The van der Waals surface area contributed by atoms with Crippen LogP contribution < -0.4 is 21.9 Å². The third kappa shape index (κ3) is 0.873. The molecule has 12 heavy (non-hydrogen) atoms. The molecule has 2 heterocycles. The van der Waals surface area contributed by atoms with Gasteiger partial charge in [-0.25, -0.2) is 0 Å². The topological polar surface area (TPSA) is 116 Å². The van der Waals surface area contributed by atoms with E-state index in [1.165, 1.54) is 0 Å². The van der Waals surface area contributed by atoms with Crippen molar-refractivity contribution in [2.75, 3.05) is 16.4 Å². The van der Waals surface area contributed by atoms with Gasteiger partial charge < -0.3 is 21.5 Å². The van der Waals surface area contributed by atoms with Crippen LogP contribution in [0.3, 0.4) is 0 Å². The van der Waals surface area contributed by atoms with Crippen molar-refractivity contribution >= 4 is 17.5 Å². The Balaban J connectivity index is 2.60. The Morgan fingerprint density at radius 3 is 3.00 bits per heavy atom. The van der Waals surface area contributed by atoms with Gasteiger partial charge in [0, 0.05) is 0 Å². The highest BCUT2D eigenvalue weighted by Crippen LogP contribution is 2.20. The minimum absolute atomic E-state index is 0.0159. The lowest BCUT2D eigenvalue weighted by molar-refractivity contribution is 0.238. The third-order valence-corrected chi connectivity index (χ3v) is 1.49. The van der Waals surface area contributed by atoms with E-state index in [9.17, 15) is 4.79 Å². The molecule has 0 saturated heterocycles. The van der Waals surface area contributed by atoms with Crippen LogP contribution >= 0.6 is 0 Å². The summed E-state index contributed by atoms with van der Waals surface area (Å²) in [4.78, 5) is 17.1. The van der Waals surface area contributed by atoms with Gasteiger partial charge in [-0.1, -0.05) is 0 Å². The van der Waals surface area contributed by atoms with Gasteiger partial charge in [-0.05, 0) is 0 Å². The molecule has 1 aromatic heterocycles. The number of H-pyrrole nitrogens is 1. The first-order valence-corrected chi connectivity index (χ1v) is 3.28. The van der Waals surface area contributed by atoms with Gasteiger partial charge in [-0.3, -0.25) is 9.78 Å². The first-order valence-electron chi connectivity index (χ1n) is 3.28. The van der Waals surface area contributed by atoms with Crippen LogP contribution in [0.1, 0.15) is 0 Å². The van der Waals surface area contributed by atoms with Crippen LogP contribution in [-0.2, 0) is 0 Å². The van der Waals surface area contributed by atoms with Crippen LogP contribution in [0.15, 0.2) is 4.79 Å². The van der Waals surface area contributed by atoms with Gasteiger partial charge in [0.25, 0.3) is 5.56 Å². The highest BCUT2D eigenvalue weighted by molar-refractivity contribution is 5.69. The van der Waals surface area contributed by atoms with Crippen LogP contribution in [-0.4, -0.2) is 21.4 Å². The lowest BCUT2D eigenvalue weighted by atomic mass is 10.5. The molecule has 0 radical (unpaired) electrons. The molecule has 1 unspecified atom stereocenters. The molecular weight excluding hydrogens is 162 g/mol. The molecule has 2 rings (SSSR count). The van der Waals surface area contributed by atoms with E-state index in [-0.39, 0.29) is 17.5 Å². The van der Waals surface area contributed by atoms with E-state index in [2.05, 4.69) is 20.6 Å². The molecule has 0 spiro atoms. The van der Waals surface area contributed by atoms with E-state index < -0.39 is 11.9 Å². The second kappa shape index (κ2) is 2.11. The quantitative estimate of drug-likeness (QED) is 0.321. The van der Waals surface area contributed by atoms with E-state index in [0.717, 1.165) is 0 Å². The van der Waals surface area contributed by atoms with E-state index >= 15 is 0 Å². The number of nitrogens with zero attached hydrogens (tertiary/aromatic N) is 1. The molecule has 0 aromatic carbocycles. The fraction of sp³-hybridized carbons (Fsp3) is 0.200. The minimum Gasteiger partial charge on any atom is -0.369 e. The van der Waals surface area contributed by atoms with E-state index in [1.807, 2.05) is 0 Å². The number of hydrogen-bond acceptors (Lipinski definition) is 6. The largest absolute Gasteiger partial charge is 0.369 e. The van der Waals surface area contributed by atoms with Gasteiger partial charge in [0.1, 0.15) is 5.69 Å². The highest BCUT2D eigenvalue weighted by Gasteiger charge is 2.21. The molecule has 1 atom stereocenters. The second-order valence-corrected chi connectivity index (χ2v) is 2.37. The Hall–Kier alpha value is -1.76. The number of hydrogen-bond donors (Lipinski definition) is 5. The Kier molecular flexibility index (Phi) is 1.22. The van der Waals surface area contributed by atoms with Gasteiger partial charge in [-0.2, -0.15) is 4.98 Å². The average molecular weight is 169 g/mol. The summed E-state index contributed by atoms with van der Waals surface area (Å²) in [6, 6.07) is 0. The Bertz CT molecular complexity index is 373. The molecule has 1 aromatic rings. The van der Waals surface area contributed by atoms with Crippen molar-refractivity contribution in [2.24, 2.45) is 0 Å². The molecule has 0 bridgehead atoms. The van der Waals surface area contributed by atoms with Crippen molar-refractivity contribution < 1.29 is 5.11 Å². The molecule has 6 N–H and O–H groups in total.